The first-order valence-electron chi connectivity index (χ1n) is 7.25. The maximum Gasteiger partial charge on any atom is 0.138 e. The van der Waals surface area contributed by atoms with Crippen LogP contribution >= 0.6 is 0 Å². The van der Waals surface area contributed by atoms with E-state index in [1.807, 2.05) is 38.1 Å². The van der Waals surface area contributed by atoms with Crippen molar-refractivity contribution in [2.24, 2.45) is 0 Å². The number of methoxy groups -OCH3 is 1. The van der Waals surface area contributed by atoms with Gasteiger partial charge in [-0.15, -0.1) is 0 Å². The topological polar surface area (TPSA) is 68.3 Å². The Balaban J connectivity index is 1.86. The summed E-state index contributed by atoms with van der Waals surface area (Å²) in [5.41, 5.74) is 1.70. The lowest BCUT2D eigenvalue weighted by Crippen LogP contribution is -2.03. The second-order valence-electron chi connectivity index (χ2n) is 5.09. The summed E-state index contributed by atoms with van der Waals surface area (Å²) in [6.07, 6.45) is 1.49. The Morgan fingerprint density at radius 2 is 2.09 bits per heavy atom. The highest BCUT2D eigenvalue weighted by Gasteiger charge is 2.19. The summed E-state index contributed by atoms with van der Waals surface area (Å²) in [5, 5.41) is 13.3. The quantitative estimate of drug-likeness (QED) is 0.728. The molecule has 116 valence electrons. The first kappa shape index (κ1) is 15.9. The second kappa shape index (κ2) is 7.51. The Bertz CT molecular complexity index is 639. The fraction of sp³-hybridized carbons (Fsp3) is 0.412. The van der Waals surface area contributed by atoms with Crippen molar-refractivity contribution in [1.82, 2.24) is 5.16 Å². The molecule has 2 aromatic rings. The SMILES string of the molecule is COc1cccc(OCCCC(C#N)c2c(C)noc2C)c1. The summed E-state index contributed by atoms with van der Waals surface area (Å²) in [6.45, 7) is 4.25. The molecule has 0 saturated carbocycles. The van der Waals surface area contributed by atoms with E-state index in [0.717, 1.165) is 34.9 Å². The maximum atomic E-state index is 9.35. The van der Waals surface area contributed by atoms with E-state index in [1.165, 1.54) is 0 Å². The molecule has 0 amide bonds. The van der Waals surface area contributed by atoms with E-state index in [2.05, 4.69) is 11.2 Å². The summed E-state index contributed by atoms with van der Waals surface area (Å²) >= 11 is 0. The Kier molecular flexibility index (Phi) is 5.42. The molecule has 22 heavy (non-hydrogen) atoms. The number of aromatic nitrogens is 1. The Morgan fingerprint density at radius 1 is 1.32 bits per heavy atom. The van der Waals surface area contributed by atoms with Gasteiger partial charge in [-0.1, -0.05) is 11.2 Å². The van der Waals surface area contributed by atoms with E-state index in [0.29, 0.717) is 13.0 Å². The third-order valence-electron chi connectivity index (χ3n) is 3.54. The molecular weight excluding hydrogens is 280 g/mol. The first-order chi connectivity index (χ1) is 10.7. The van der Waals surface area contributed by atoms with E-state index in [9.17, 15) is 5.26 Å². The van der Waals surface area contributed by atoms with Crippen molar-refractivity contribution >= 4 is 0 Å². The van der Waals surface area contributed by atoms with Crippen molar-refractivity contribution in [1.29, 1.82) is 5.26 Å². The van der Waals surface area contributed by atoms with Gasteiger partial charge in [0.25, 0.3) is 0 Å². The van der Waals surface area contributed by atoms with Crippen molar-refractivity contribution < 1.29 is 14.0 Å². The summed E-state index contributed by atoms with van der Waals surface area (Å²) in [6, 6.07) is 9.81. The van der Waals surface area contributed by atoms with Crippen molar-refractivity contribution in [2.75, 3.05) is 13.7 Å². The van der Waals surface area contributed by atoms with Crippen molar-refractivity contribution in [3.05, 3.63) is 41.3 Å². The van der Waals surface area contributed by atoms with E-state index in [4.69, 9.17) is 14.0 Å². The highest BCUT2D eigenvalue weighted by molar-refractivity contribution is 5.33. The number of benzene rings is 1. The van der Waals surface area contributed by atoms with Crippen molar-refractivity contribution in [3.8, 4) is 17.6 Å². The molecule has 2 rings (SSSR count). The van der Waals surface area contributed by atoms with Crippen LogP contribution in [0, 0.1) is 25.2 Å². The number of hydrogen-bond acceptors (Lipinski definition) is 5. The van der Waals surface area contributed by atoms with Crippen LogP contribution in [-0.4, -0.2) is 18.9 Å². The van der Waals surface area contributed by atoms with Crippen LogP contribution in [0.1, 0.15) is 35.8 Å². The third kappa shape index (κ3) is 3.79. The smallest absolute Gasteiger partial charge is 0.138 e. The standard InChI is InChI=1S/C17H20N2O3/c1-12-17(13(2)22-19-12)14(11-18)6-5-9-21-16-8-4-7-15(10-16)20-3/h4,7-8,10,14H,5-6,9H2,1-3H3. The van der Waals surface area contributed by atoms with Gasteiger partial charge in [-0.3, -0.25) is 0 Å². The first-order valence-corrected chi connectivity index (χ1v) is 7.25. The third-order valence-corrected chi connectivity index (χ3v) is 3.54. The molecule has 0 N–H and O–H groups in total. The normalized spacial score (nSPS) is 11.7. The Hall–Kier alpha value is -2.48. The zero-order chi connectivity index (χ0) is 15.9. The molecule has 0 spiro atoms. The van der Waals surface area contributed by atoms with Crippen molar-refractivity contribution in [3.63, 3.8) is 0 Å². The highest BCUT2D eigenvalue weighted by Crippen LogP contribution is 2.27. The van der Waals surface area contributed by atoms with Crippen LogP contribution in [0.4, 0.5) is 0 Å². The minimum absolute atomic E-state index is 0.208. The molecular formula is C17H20N2O3. The van der Waals surface area contributed by atoms with E-state index in [-0.39, 0.29) is 5.92 Å². The summed E-state index contributed by atoms with van der Waals surface area (Å²) in [7, 11) is 1.63. The van der Waals surface area contributed by atoms with Gasteiger partial charge in [0, 0.05) is 11.6 Å². The highest BCUT2D eigenvalue weighted by atomic mass is 16.5. The zero-order valence-electron chi connectivity index (χ0n) is 13.1. The minimum Gasteiger partial charge on any atom is -0.497 e. The number of aryl methyl sites for hydroxylation is 2. The summed E-state index contributed by atoms with van der Waals surface area (Å²) < 4.78 is 16.0. The largest absolute Gasteiger partial charge is 0.497 e. The molecule has 0 radical (unpaired) electrons. The molecule has 1 aromatic heterocycles. The summed E-state index contributed by atoms with van der Waals surface area (Å²) in [4.78, 5) is 0. The van der Waals surface area contributed by atoms with Crippen LogP contribution in [0.25, 0.3) is 0 Å². The zero-order valence-corrected chi connectivity index (χ0v) is 13.1. The molecule has 0 bridgehead atoms. The second-order valence-corrected chi connectivity index (χ2v) is 5.09. The number of nitriles is 1. The van der Waals surface area contributed by atoms with Crippen molar-refractivity contribution in [2.45, 2.75) is 32.6 Å². The molecule has 1 unspecified atom stereocenters. The average molecular weight is 300 g/mol. The van der Waals surface area contributed by atoms with Crippen LogP contribution in [0.15, 0.2) is 28.8 Å². The molecule has 5 nitrogen and oxygen atoms in total. The van der Waals surface area contributed by atoms with Crippen LogP contribution in [-0.2, 0) is 0 Å². The molecule has 1 atom stereocenters. The predicted molar refractivity (Wildman–Crippen MR) is 82.1 cm³/mol. The molecule has 1 heterocycles. The van der Waals surface area contributed by atoms with Crippen LogP contribution in [0.2, 0.25) is 0 Å². The van der Waals surface area contributed by atoms with Gasteiger partial charge in [0.15, 0.2) is 0 Å². The average Bonchev–Trinajstić information content (AvgIpc) is 2.87. The summed E-state index contributed by atoms with van der Waals surface area (Å²) in [5.74, 6) is 2.05. The molecule has 0 saturated heterocycles. The molecule has 0 aliphatic rings. The predicted octanol–water partition coefficient (Wildman–Crippen LogP) is 3.77. The lowest BCUT2D eigenvalue weighted by molar-refractivity contribution is 0.302. The van der Waals surface area contributed by atoms with Gasteiger partial charge in [-0.05, 0) is 38.8 Å². The lowest BCUT2D eigenvalue weighted by atomic mass is 9.94. The lowest BCUT2D eigenvalue weighted by Gasteiger charge is -2.10. The number of ether oxygens (including phenoxy) is 2. The maximum absolute atomic E-state index is 9.35. The van der Waals surface area contributed by atoms with Crippen LogP contribution in [0.5, 0.6) is 11.5 Å². The Labute approximate surface area is 130 Å². The molecule has 0 aliphatic heterocycles. The molecule has 0 fully saturated rings. The fourth-order valence-electron chi connectivity index (χ4n) is 2.43. The van der Waals surface area contributed by atoms with Gasteiger partial charge in [0.2, 0.25) is 0 Å². The minimum atomic E-state index is -0.208. The number of nitrogens with zero attached hydrogens (tertiary/aromatic N) is 2. The number of hydrogen-bond donors (Lipinski definition) is 0. The van der Waals surface area contributed by atoms with E-state index < -0.39 is 0 Å². The van der Waals surface area contributed by atoms with Gasteiger partial charge in [0.1, 0.15) is 17.3 Å². The van der Waals surface area contributed by atoms with E-state index >= 15 is 0 Å². The fourth-order valence-corrected chi connectivity index (χ4v) is 2.43. The van der Waals surface area contributed by atoms with Gasteiger partial charge in [0.05, 0.1) is 31.4 Å². The van der Waals surface area contributed by atoms with Gasteiger partial charge >= 0.3 is 0 Å². The molecule has 1 aromatic carbocycles. The van der Waals surface area contributed by atoms with Gasteiger partial charge in [-0.2, -0.15) is 5.26 Å². The molecule has 5 heteroatoms. The molecule has 0 aliphatic carbocycles. The monoisotopic (exact) mass is 300 g/mol. The van der Waals surface area contributed by atoms with Gasteiger partial charge < -0.3 is 14.0 Å². The number of rotatable bonds is 7. The van der Waals surface area contributed by atoms with Crippen LogP contribution in [0.3, 0.4) is 0 Å². The van der Waals surface area contributed by atoms with E-state index in [1.54, 1.807) is 7.11 Å². The van der Waals surface area contributed by atoms with Crippen LogP contribution < -0.4 is 9.47 Å². The van der Waals surface area contributed by atoms with Gasteiger partial charge in [-0.25, -0.2) is 0 Å². The Morgan fingerprint density at radius 3 is 2.73 bits per heavy atom.